The minimum absolute atomic E-state index is 0.0253. The predicted molar refractivity (Wildman–Crippen MR) is 134 cm³/mol. The molecule has 0 unspecified atom stereocenters. The van der Waals surface area contributed by atoms with Gasteiger partial charge in [0.2, 0.25) is 0 Å². The maximum absolute atomic E-state index is 13.9. The maximum atomic E-state index is 13.9. The molecular weight excluding hydrogens is 408 g/mol. The number of rotatable bonds is 3. The minimum Gasteiger partial charge on any atom is -0.368 e. The zero-order valence-corrected chi connectivity index (χ0v) is 19.4. The van der Waals surface area contributed by atoms with Crippen LogP contribution in [-0.4, -0.2) is 47.2 Å². The summed E-state index contributed by atoms with van der Waals surface area (Å²) < 4.78 is 0. The Balaban J connectivity index is 1.48. The van der Waals surface area contributed by atoms with Crippen molar-refractivity contribution in [3.63, 3.8) is 0 Å². The number of hydrogen-bond donors (Lipinski definition) is 0. The van der Waals surface area contributed by atoms with E-state index in [1.165, 1.54) is 22.4 Å². The third-order valence-corrected chi connectivity index (χ3v) is 6.69. The molecule has 2 heterocycles. The van der Waals surface area contributed by atoms with Crippen molar-refractivity contribution >= 4 is 22.5 Å². The Hall–Kier alpha value is -3.73. The van der Waals surface area contributed by atoms with E-state index in [0.717, 1.165) is 29.6 Å². The van der Waals surface area contributed by atoms with Crippen LogP contribution in [0.3, 0.4) is 0 Å². The van der Waals surface area contributed by atoms with Crippen LogP contribution in [0.25, 0.3) is 22.2 Å². The molecule has 1 saturated heterocycles. The highest BCUT2D eigenvalue weighted by molar-refractivity contribution is 6.10. The van der Waals surface area contributed by atoms with E-state index in [1.54, 1.807) is 0 Å². The topological polar surface area (TPSA) is 49.3 Å². The van der Waals surface area contributed by atoms with Crippen molar-refractivity contribution in [2.45, 2.75) is 20.8 Å². The number of nitrogens with zero attached hydrogens (tertiary/aromatic N) is 4. The Morgan fingerprint density at radius 3 is 2.27 bits per heavy atom. The molecule has 0 saturated carbocycles. The van der Waals surface area contributed by atoms with Crippen LogP contribution in [0, 0.1) is 20.8 Å². The summed E-state index contributed by atoms with van der Waals surface area (Å²) in [4.78, 5) is 18.2. The van der Waals surface area contributed by atoms with Crippen LogP contribution in [-0.2, 0) is 0 Å². The molecule has 4 aromatic rings. The van der Waals surface area contributed by atoms with Gasteiger partial charge >= 0.3 is 0 Å². The SMILES string of the molecule is Cc1ccc(-c2nnc3ccccc3c2C(=O)N2CCN(c3cccc(C)c3C)CC2)cc1. The van der Waals surface area contributed by atoms with Crippen molar-refractivity contribution in [3.8, 4) is 11.3 Å². The van der Waals surface area contributed by atoms with E-state index in [9.17, 15) is 4.79 Å². The number of amides is 1. The average molecular weight is 437 g/mol. The van der Waals surface area contributed by atoms with E-state index < -0.39 is 0 Å². The van der Waals surface area contributed by atoms with Gasteiger partial charge in [0.1, 0.15) is 5.69 Å². The molecule has 33 heavy (non-hydrogen) atoms. The third kappa shape index (κ3) is 3.95. The Kier molecular flexibility index (Phi) is 5.55. The maximum Gasteiger partial charge on any atom is 0.256 e. The first kappa shape index (κ1) is 21.1. The summed E-state index contributed by atoms with van der Waals surface area (Å²) in [6.45, 7) is 9.35. The van der Waals surface area contributed by atoms with Crippen LogP contribution in [0.15, 0.2) is 66.7 Å². The van der Waals surface area contributed by atoms with Gasteiger partial charge in [-0.05, 0) is 44.0 Å². The lowest BCUT2D eigenvalue weighted by atomic mass is 9.99. The molecule has 0 bridgehead atoms. The molecule has 3 aromatic carbocycles. The number of anilines is 1. The number of hydrogen-bond acceptors (Lipinski definition) is 4. The Morgan fingerprint density at radius 2 is 1.52 bits per heavy atom. The highest BCUT2D eigenvalue weighted by Gasteiger charge is 2.27. The van der Waals surface area contributed by atoms with Crippen LogP contribution in [0.2, 0.25) is 0 Å². The molecule has 1 aromatic heterocycles. The van der Waals surface area contributed by atoms with Crippen LogP contribution in [0.4, 0.5) is 5.69 Å². The summed E-state index contributed by atoms with van der Waals surface area (Å²) in [5, 5.41) is 9.76. The summed E-state index contributed by atoms with van der Waals surface area (Å²) in [7, 11) is 0. The fraction of sp³-hybridized carbons (Fsp3) is 0.250. The molecule has 5 nitrogen and oxygen atoms in total. The molecular formula is C28H28N4O. The van der Waals surface area contributed by atoms with Gasteiger partial charge in [-0.2, -0.15) is 0 Å². The van der Waals surface area contributed by atoms with Crippen molar-refractivity contribution in [1.82, 2.24) is 15.1 Å². The lowest BCUT2D eigenvalue weighted by molar-refractivity contribution is 0.0749. The second-order valence-corrected chi connectivity index (χ2v) is 8.81. The zero-order valence-electron chi connectivity index (χ0n) is 19.4. The first-order valence-electron chi connectivity index (χ1n) is 11.5. The van der Waals surface area contributed by atoms with Gasteiger partial charge in [-0.25, -0.2) is 0 Å². The van der Waals surface area contributed by atoms with E-state index in [0.29, 0.717) is 24.3 Å². The summed E-state index contributed by atoms with van der Waals surface area (Å²) in [5.74, 6) is 0.0253. The Labute approximate surface area is 194 Å². The lowest BCUT2D eigenvalue weighted by Gasteiger charge is -2.37. The van der Waals surface area contributed by atoms with E-state index in [2.05, 4.69) is 54.1 Å². The molecule has 166 valence electrons. The fourth-order valence-electron chi connectivity index (χ4n) is 4.57. The lowest BCUT2D eigenvalue weighted by Crippen LogP contribution is -2.49. The first-order valence-corrected chi connectivity index (χ1v) is 11.5. The monoisotopic (exact) mass is 436 g/mol. The van der Waals surface area contributed by atoms with E-state index in [-0.39, 0.29) is 5.91 Å². The number of piperazine rings is 1. The third-order valence-electron chi connectivity index (χ3n) is 6.69. The van der Waals surface area contributed by atoms with Crippen LogP contribution in [0.5, 0.6) is 0 Å². The molecule has 1 aliphatic heterocycles. The number of benzene rings is 3. The standard InChI is InChI=1S/C28H28N4O/c1-19-11-13-22(14-12-19)27-26(23-8-4-5-9-24(23)29-30-27)28(33)32-17-15-31(16-18-32)25-10-6-7-20(2)21(25)3/h4-14H,15-18H2,1-3H3. The molecule has 0 radical (unpaired) electrons. The quantitative estimate of drug-likeness (QED) is 0.444. The largest absolute Gasteiger partial charge is 0.368 e. The molecule has 1 amide bonds. The van der Waals surface area contributed by atoms with Crippen molar-refractivity contribution < 1.29 is 4.79 Å². The molecule has 5 rings (SSSR count). The number of fused-ring (bicyclic) bond motifs is 1. The molecule has 0 atom stereocenters. The van der Waals surface area contributed by atoms with Gasteiger partial charge in [0, 0.05) is 42.8 Å². The van der Waals surface area contributed by atoms with Gasteiger partial charge in [-0.3, -0.25) is 4.79 Å². The number of carbonyl (C=O) groups excluding carboxylic acids is 1. The molecule has 0 spiro atoms. The summed E-state index contributed by atoms with van der Waals surface area (Å²) >= 11 is 0. The summed E-state index contributed by atoms with van der Waals surface area (Å²) in [5.41, 5.74) is 7.98. The summed E-state index contributed by atoms with van der Waals surface area (Å²) in [6, 6.07) is 22.3. The van der Waals surface area contributed by atoms with Gasteiger partial charge in [0.25, 0.3) is 5.91 Å². The molecule has 0 N–H and O–H groups in total. The van der Waals surface area contributed by atoms with Crippen molar-refractivity contribution in [1.29, 1.82) is 0 Å². The second-order valence-electron chi connectivity index (χ2n) is 8.81. The van der Waals surface area contributed by atoms with Gasteiger partial charge in [-0.15, -0.1) is 10.2 Å². The number of carbonyl (C=O) groups is 1. The van der Waals surface area contributed by atoms with Gasteiger partial charge in [0.15, 0.2) is 0 Å². The molecule has 0 aliphatic carbocycles. The number of aromatic nitrogens is 2. The first-order chi connectivity index (χ1) is 16.0. The van der Waals surface area contributed by atoms with Crippen LogP contribution in [0.1, 0.15) is 27.0 Å². The zero-order chi connectivity index (χ0) is 22.9. The second kappa shape index (κ2) is 8.66. The molecule has 1 aliphatic rings. The van der Waals surface area contributed by atoms with Crippen LogP contribution >= 0.6 is 0 Å². The number of aryl methyl sites for hydroxylation is 2. The summed E-state index contributed by atoms with van der Waals surface area (Å²) in [6.07, 6.45) is 0. The van der Waals surface area contributed by atoms with Crippen LogP contribution < -0.4 is 4.90 Å². The van der Waals surface area contributed by atoms with Gasteiger partial charge in [0.05, 0.1) is 11.1 Å². The van der Waals surface area contributed by atoms with Gasteiger partial charge in [-0.1, -0.05) is 60.2 Å². The highest BCUT2D eigenvalue weighted by atomic mass is 16.2. The fourth-order valence-corrected chi connectivity index (χ4v) is 4.57. The average Bonchev–Trinajstić information content (AvgIpc) is 2.85. The van der Waals surface area contributed by atoms with E-state index in [4.69, 9.17) is 0 Å². The van der Waals surface area contributed by atoms with E-state index >= 15 is 0 Å². The van der Waals surface area contributed by atoms with Crippen molar-refractivity contribution in [2.24, 2.45) is 0 Å². The Morgan fingerprint density at radius 1 is 0.788 bits per heavy atom. The molecule has 5 heteroatoms. The molecule has 1 fully saturated rings. The highest BCUT2D eigenvalue weighted by Crippen LogP contribution is 2.30. The Bertz CT molecular complexity index is 1320. The van der Waals surface area contributed by atoms with E-state index in [1.807, 2.05) is 53.4 Å². The minimum atomic E-state index is 0.0253. The smallest absolute Gasteiger partial charge is 0.256 e. The van der Waals surface area contributed by atoms with Crippen molar-refractivity contribution in [2.75, 3.05) is 31.1 Å². The predicted octanol–water partition coefficient (Wildman–Crippen LogP) is 5.18. The normalized spacial score (nSPS) is 14.0. The van der Waals surface area contributed by atoms with Crippen molar-refractivity contribution in [3.05, 3.63) is 89.0 Å². The van der Waals surface area contributed by atoms with Gasteiger partial charge < -0.3 is 9.80 Å².